The third kappa shape index (κ3) is 4.06. The third-order valence-electron chi connectivity index (χ3n) is 4.64. The van der Waals surface area contributed by atoms with Crippen LogP contribution in [0, 0.1) is 0 Å². The monoisotopic (exact) mass is 351 g/mol. The fourth-order valence-corrected chi connectivity index (χ4v) is 3.30. The molecule has 0 atom stereocenters. The molecule has 0 aliphatic carbocycles. The zero-order valence-electron chi connectivity index (χ0n) is 13.8. The molecule has 0 saturated carbocycles. The maximum atomic E-state index is 12.3. The summed E-state index contributed by atoms with van der Waals surface area (Å²) in [5.41, 5.74) is -0.663. The molecule has 136 valence electrons. The van der Waals surface area contributed by atoms with E-state index in [1.165, 1.54) is 11.2 Å². The van der Waals surface area contributed by atoms with Crippen molar-refractivity contribution in [2.75, 3.05) is 26.2 Å². The van der Waals surface area contributed by atoms with Gasteiger partial charge in [-0.05, 0) is 6.42 Å². The van der Waals surface area contributed by atoms with Gasteiger partial charge in [-0.25, -0.2) is 9.78 Å². The summed E-state index contributed by atoms with van der Waals surface area (Å²) in [6.45, 7) is 1.58. The van der Waals surface area contributed by atoms with Gasteiger partial charge in [-0.1, -0.05) is 0 Å². The van der Waals surface area contributed by atoms with Crippen LogP contribution in [0.1, 0.15) is 25.7 Å². The number of aromatic nitrogens is 3. The highest BCUT2D eigenvalue weighted by molar-refractivity contribution is 5.79. The Labute approximate surface area is 144 Å². The smallest absolute Gasteiger partial charge is 0.411 e. The van der Waals surface area contributed by atoms with E-state index >= 15 is 0 Å². The number of likely N-dealkylation sites (tertiary alicyclic amines) is 1. The lowest BCUT2D eigenvalue weighted by Crippen LogP contribution is -2.49. The molecule has 3 heterocycles. The van der Waals surface area contributed by atoms with Crippen molar-refractivity contribution in [3.05, 3.63) is 12.7 Å². The maximum Gasteiger partial charge on any atom is 0.411 e. The van der Waals surface area contributed by atoms with Crippen LogP contribution in [0.25, 0.3) is 0 Å². The molecule has 0 radical (unpaired) electrons. The Bertz CT molecular complexity index is 639. The number of carbonyl (C=O) groups is 3. The summed E-state index contributed by atoms with van der Waals surface area (Å²) in [5.74, 6) is -0.990. The Morgan fingerprint density at radius 2 is 2.08 bits per heavy atom. The number of aliphatic carboxylic acids is 1. The second kappa shape index (κ2) is 7.08. The lowest BCUT2D eigenvalue weighted by Gasteiger charge is -2.37. The first kappa shape index (κ1) is 17.2. The normalized spacial score (nSPS) is 19.3. The van der Waals surface area contributed by atoms with Crippen LogP contribution < -0.4 is 0 Å². The molecule has 0 bridgehead atoms. The zero-order chi connectivity index (χ0) is 17.9. The van der Waals surface area contributed by atoms with Crippen molar-refractivity contribution in [2.24, 2.45) is 0 Å². The summed E-state index contributed by atoms with van der Waals surface area (Å²) in [6, 6.07) is 0. The Balaban J connectivity index is 1.44. The molecule has 25 heavy (non-hydrogen) atoms. The molecular formula is C15H21N5O5. The standard InChI is InChI=1S/C15H21N5O5/c21-12(2-1-5-20-11-16-10-17-20)18-6-3-15(4-7-18)9-19(8-13(22)23)14(24)25-15/h10-11H,1-9H2,(H,22,23). The van der Waals surface area contributed by atoms with Crippen LogP contribution in [0.5, 0.6) is 0 Å². The molecule has 3 rings (SSSR count). The zero-order valence-corrected chi connectivity index (χ0v) is 13.8. The van der Waals surface area contributed by atoms with E-state index in [4.69, 9.17) is 9.84 Å². The number of rotatable bonds is 6. The van der Waals surface area contributed by atoms with Gasteiger partial charge < -0.3 is 14.7 Å². The summed E-state index contributed by atoms with van der Waals surface area (Å²) in [4.78, 5) is 41.7. The van der Waals surface area contributed by atoms with Crippen LogP contribution >= 0.6 is 0 Å². The van der Waals surface area contributed by atoms with Crippen molar-refractivity contribution < 1.29 is 24.2 Å². The van der Waals surface area contributed by atoms with Crippen LogP contribution in [0.2, 0.25) is 0 Å². The first-order chi connectivity index (χ1) is 12.0. The van der Waals surface area contributed by atoms with Crippen molar-refractivity contribution in [3.8, 4) is 0 Å². The van der Waals surface area contributed by atoms with Crippen LogP contribution in [0.3, 0.4) is 0 Å². The number of nitrogens with zero attached hydrogens (tertiary/aromatic N) is 5. The average molecular weight is 351 g/mol. The second-order valence-corrected chi connectivity index (χ2v) is 6.44. The Morgan fingerprint density at radius 3 is 2.72 bits per heavy atom. The Morgan fingerprint density at radius 1 is 1.32 bits per heavy atom. The highest BCUT2D eigenvalue weighted by atomic mass is 16.6. The first-order valence-corrected chi connectivity index (χ1v) is 8.27. The minimum atomic E-state index is -1.06. The largest absolute Gasteiger partial charge is 0.480 e. The number of carboxylic acids is 1. The van der Waals surface area contributed by atoms with E-state index in [2.05, 4.69) is 10.1 Å². The quantitative estimate of drug-likeness (QED) is 0.764. The second-order valence-electron chi connectivity index (χ2n) is 6.44. The van der Waals surface area contributed by atoms with Crippen LogP contribution in [0.15, 0.2) is 12.7 Å². The van der Waals surface area contributed by atoms with Crippen LogP contribution in [0.4, 0.5) is 4.79 Å². The summed E-state index contributed by atoms with van der Waals surface area (Å²) < 4.78 is 7.12. The van der Waals surface area contributed by atoms with Gasteiger partial charge in [0, 0.05) is 38.9 Å². The van der Waals surface area contributed by atoms with E-state index in [1.54, 1.807) is 15.9 Å². The van der Waals surface area contributed by atoms with Crippen molar-refractivity contribution in [1.82, 2.24) is 24.6 Å². The Hall–Kier alpha value is -2.65. The van der Waals surface area contributed by atoms with Gasteiger partial charge in [0.15, 0.2) is 0 Å². The molecule has 2 aliphatic heterocycles. The number of ether oxygens (including phenoxy) is 1. The van der Waals surface area contributed by atoms with Gasteiger partial charge in [-0.15, -0.1) is 0 Å². The van der Waals surface area contributed by atoms with E-state index in [9.17, 15) is 14.4 Å². The predicted octanol–water partition coefficient (Wildman–Crippen LogP) is -0.0437. The summed E-state index contributed by atoms with van der Waals surface area (Å²) in [6.07, 6.45) is 4.67. The van der Waals surface area contributed by atoms with Gasteiger partial charge >= 0.3 is 12.1 Å². The molecule has 0 unspecified atom stereocenters. The lowest BCUT2D eigenvalue weighted by atomic mass is 9.91. The molecule has 1 aromatic rings. The number of aryl methyl sites for hydroxylation is 1. The molecule has 10 heteroatoms. The van der Waals surface area contributed by atoms with E-state index < -0.39 is 17.7 Å². The predicted molar refractivity (Wildman–Crippen MR) is 83.5 cm³/mol. The molecule has 2 fully saturated rings. The number of amides is 2. The Kier molecular flexibility index (Phi) is 4.86. The molecule has 2 saturated heterocycles. The molecule has 1 spiro atoms. The topological polar surface area (TPSA) is 118 Å². The van der Waals surface area contributed by atoms with Gasteiger partial charge in [0.25, 0.3) is 0 Å². The van der Waals surface area contributed by atoms with Crippen LogP contribution in [-0.2, 0) is 20.9 Å². The molecule has 2 aliphatic rings. The highest BCUT2D eigenvalue weighted by Crippen LogP contribution is 2.33. The van der Waals surface area contributed by atoms with Gasteiger partial charge in [-0.3, -0.25) is 19.2 Å². The van der Waals surface area contributed by atoms with Crippen molar-refractivity contribution in [2.45, 2.75) is 37.8 Å². The highest BCUT2D eigenvalue weighted by Gasteiger charge is 2.47. The lowest BCUT2D eigenvalue weighted by molar-refractivity contribution is -0.137. The van der Waals surface area contributed by atoms with Gasteiger partial charge in [-0.2, -0.15) is 5.10 Å². The van der Waals surface area contributed by atoms with E-state index in [-0.39, 0.29) is 19.0 Å². The number of piperidine rings is 1. The number of hydrogen-bond donors (Lipinski definition) is 1. The van der Waals surface area contributed by atoms with Crippen molar-refractivity contribution >= 4 is 18.0 Å². The summed E-state index contributed by atoms with van der Waals surface area (Å²) in [7, 11) is 0. The summed E-state index contributed by atoms with van der Waals surface area (Å²) >= 11 is 0. The maximum absolute atomic E-state index is 12.3. The number of carboxylic acid groups (broad SMARTS) is 1. The average Bonchev–Trinajstić information content (AvgIpc) is 3.17. The molecule has 0 aromatic carbocycles. The number of carbonyl (C=O) groups excluding carboxylic acids is 2. The molecule has 1 aromatic heterocycles. The van der Waals surface area contributed by atoms with Gasteiger partial charge in [0.1, 0.15) is 24.8 Å². The fraction of sp³-hybridized carbons (Fsp3) is 0.667. The minimum absolute atomic E-state index is 0.0710. The van der Waals surface area contributed by atoms with Gasteiger partial charge in [0.2, 0.25) is 5.91 Å². The van der Waals surface area contributed by atoms with E-state index in [1.807, 2.05) is 0 Å². The van der Waals surface area contributed by atoms with Gasteiger partial charge in [0.05, 0.1) is 6.54 Å². The van der Waals surface area contributed by atoms with Crippen molar-refractivity contribution in [1.29, 1.82) is 0 Å². The third-order valence-corrected chi connectivity index (χ3v) is 4.64. The van der Waals surface area contributed by atoms with E-state index in [0.29, 0.717) is 45.3 Å². The van der Waals surface area contributed by atoms with Crippen LogP contribution in [-0.4, -0.2) is 79.4 Å². The fourth-order valence-electron chi connectivity index (χ4n) is 3.30. The molecule has 1 N–H and O–H groups in total. The van der Waals surface area contributed by atoms with E-state index in [0.717, 1.165) is 0 Å². The number of hydrogen-bond acceptors (Lipinski definition) is 6. The van der Waals surface area contributed by atoms with Crippen molar-refractivity contribution in [3.63, 3.8) is 0 Å². The first-order valence-electron chi connectivity index (χ1n) is 8.27. The molecule has 2 amide bonds. The molecule has 10 nitrogen and oxygen atoms in total. The summed E-state index contributed by atoms with van der Waals surface area (Å²) in [5, 5.41) is 12.8. The minimum Gasteiger partial charge on any atom is -0.480 e. The molecular weight excluding hydrogens is 330 g/mol. The SMILES string of the molecule is O=C(O)CN1CC2(CCN(C(=O)CCCn3cncn3)CC2)OC1=O.